The van der Waals surface area contributed by atoms with Crippen molar-refractivity contribution in [2.24, 2.45) is 0 Å². The van der Waals surface area contributed by atoms with E-state index in [0.29, 0.717) is 108 Å². The summed E-state index contributed by atoms with van der Waals surface area (Å²) in [7, 11) is -2.85. The largest absolute Gasteiger partial charge is 0.488 e. The number of fused-ring (bicyclic) bond motifs is 10. The minimum Gasteiger partial charge on any atom is -0.488 e. The number of Topliss-reactive ketones (excluding diaryl/α,β-unsaturated/α-hetero) is 7. The van der Waals surface area contributed by atoms with Gasteiger partial charge in [-0.15, -0.1) is 0 Å². The number of aryl methyl sites for hydroxylation is 2. The molecular formula is C123H144F2N2O16S. The summed E-state index contributed by atoms with van der Waals surface area (Å²) in [6, 6.07) is 60.9. The molecule has 20 rings (SSSR count). The molecule has 21 heteroatoms. The van der Waals surface area contributed by atoms with Crippen molar-refractivity contribution in [2.75, 3.05) is 23.8 Å². The fraction of sp³-hybridized carbons (Fsp3) is 0.415. The minimum atomic E-state index is -3.68. The highest BCUT2D eigenvalue weighted by atomic mass is 32.2. The van der Waals surface area contributed by atoms with E-state index < -0.39 is 27.6 Å². The number of hydrogen-bond donors (Lipinski definition) is 2. The first-order valence-electron chi connectivity index (χ1n) is 50.8. The number of carbonyl (C=O) groups excluding carboxylic acids is 10. The van der Waals surface area contributed by atoms with E-state index in [1.807, 2.05) is 112 Å². The summed E-state index contributed by atoms with van der Waals surface area (Å²) in [6.07, 6.45) is 5.27. The van der Waals surface area contributed by atoms with E-state index in [2.05, 4.69) is 233 Å². The molecule has 762 valence electrons. The van der Waals surface area contributed by atoms with Crippen molar-refractivity contribution in [1.82, 2.24) is 0 Å². The topological polar surface area (TPSA) is 266 Å². The van der Waals surface area contributed by atoms with Gasteiger partial charge in [0.25, 0.3) is 11.8 Å². The van der Waals surface area contributed by atoms with Crippen molar-refractivity contribution in [2.45, 2.75) is 319 Å². The van der Waals surface area contributed by atoms with Gasteiger partial charge < -0.3 is 29.6 Å². The van der Waals surface area contributed by atoms with Crippen LogP contribution in [0.15, 0.2) is 188 Å². The number of anilines is 2. The number of hydrogen-bond acceptors (Lipinski definition) is 16. The summed E-state index contributed by atoms with van der Waals surface area (Å²) in [5.41, 5.74) is 29.8. The lowest BCUT2D eigenvalue weighted by molar-refractivity contribution is -0.193. The van der Waals surface area contributed by atoms with E-state index >= 15 is 0 Å². The van der Waals surface area contributed by atoms with E-state index in [4.69, 9.17) is 14.2 Å². The van der Waals surface area contributed by atoms with Crippen molar-refractivity contribution in [3.05, 3.63) is 322 Å². The number of rotatable bonds is 10. The first kappa shape index (κ1) is 112. The minimum absolute atomic E-state index is 0.00258. The maximum absolute atomic E-state index is 13.0. The van der Waals surface area contributed by atoms with Gasteiger partial charge in [0.05, 0.1) is 17.2 Å². The van der Waals surface area contributed by atoms with Gasteiger partial charge in [0.2, 0.25) is 23.1 Å². The van der Waals surface area contributed by atoms with Crippen molar-refractivity contribution >= 4 is 84.9 Å². The Kier molecular flexibility index (Phi) is 37.8. The quantitative estimate of drug-likeness (QED) is 0.121. The molecule has 10 aromatic carbocycles. The Morgan fingerprint density at radius 1 is 0.312 bits per heavy atom. The van der Waals surface area contributed by atoms with Crippen molar-refractivity contribution in [3.8, 4) is 23.0 Å². The van der Waals surface area contributed by atoms with Crippen molar-refractivity contribution in [1.29, 1.82) is 0 Å². The number of amides is 2. The molecule has 0 radical (unpaired) electrons. The van der Waals surface area contributed by atoms with Crippen LogP contribution in [-0.2, 0) is 129 Å². The number of halogens is 2. The van der Waals surface area contributed by atoms with Crippen LogP contribution < -0.4 is 29.6 Å². The maximum Gasteiger partial charge on any atom is 0.461 e. The standard InChI is InChI=1S/C14H20O.C14H16O.C13H16O.C12H12F2O2.C12H13NO2.C12H14O2.C12H12O2.C12H14O.C11H13NO2.C11H14O2S/c1-10(2)12-6-5-11-7-8-14(3,4)15-13(11)9-12;1-9(2)11-4-5-12-7-13(15)6-10(3)14(12)8-11;1-9(2)10-3-4-12-8-13(14)6-5-11(12)7-10;1-7(2)8-3-4-9-6-11(15)12(13,14)16-10(9)5-8;1-7(2)8-3-4-9-6-11(14)12(15)13-10(9)5-8;1-8(2)9-3-4-10-5-11(13)7-14-12(10)6-9;1-7(2)8-3-4-9-6-11(13)12(14)10(9)5-8;1-8(2)9-3-4-10-6-12(13)7-11(10)5-9;1-7(2)8-3-4-10-9(5-8)12-11(13)6-14-10;1-8(2)9-3-4-10-6-14(12,13)7-11(10)5-9/h5-6,9-10H,7-8H2,1-4H3;4-6,8-9H,7H2,1-3H3;3-4,7,9H,5-6,8H2,1-2H3;3-5,7H,6H2,1-2H3;3-5,7H,6H2,1-2H3,(H,13,15);3-4,6,8H,5,7H2,1-2H3;3-5,7H,6H2,1-2H3;3-5,8H,6-7H2,1-2H3;3-5,7H,6H2,1-2H3,(H,12,13);3-5,8H,6-7H2,1-2H3. The van der Waals surface area contributed by atoms with Crippen LogP contribution in [-0.4, -0.2) is 91.4 Å². The third-order valence-corrected chi connectivity index (χ3v) is 28.7. The van der Waals surface area contributed by atoms with Gasteiger partial charge in [-0.25, -0.2) is 8.42 Å². The Bertz CT molecular complexity index is 6560. The molecule has 0 atom stereocenters. The van der Waals surface area contributed by atoms with E-state index in [9.17, 15) is 65.1 Å². The molecule has 18 nitrogen and oxygen atoms in total. The SMILES string of the molecule is CC(C)c1ccc2c(c1)C(=O)C(=O)C2.CC(C)c1ccc2c(c1)CC(=O)C2.CC(C)c1ccc2c(c1)CCC(=O)C2.CC(C)c1ccc2c(c1)CS(=O)(=O)C2.CC(C)c1ccc2c(c1)NC(=O)C(=O)C2.CC(C)c1ccc2c(c1)NC(=O)CO2.CC(C)c1ccc2c(c1)OC(C)(C)CC2.CC(C)c1ccc2c(c1)OC(F)(F)C(=O)C2.CC(C)c1ccc2c(c1)OCC(=O)C2.CC1=CC(=O)Cc2ccc(C(C)C)cc21. The van der Waals surface area contributed by atoms with E-state index in [-0.39, 0.29) is 96.1 Å². The van der Waals surface area contributed by atoms with Gasteiger partial charge in [-0.2, -0.15) is 8.78 Å². The molecule has 10 aliphatic rings. The summed E-state index contributed by atoms with van der Waals surface area (Å²) in [5, 5.41) is 5.41. The number of benzene rings is 10. The highest BCUT2D eigenvalue weighted by Gasteiger charge is 2.46. The summed E-state index contributed by atoms with van der Waals surface area (Å²) in [4.78, 5) is 112. The van der Waals surface area contributed by atoms with Crippen molar-refractivity contribution in [3.63, 3.8) is 0 Å². The highest BCUT2D eigenvalue weighted by molar-refractivity contribution is 7.90. The molecular weight excluding hydrogens is 1830 g/mol. The van der Waals surface area contributed by atoms with E-state index in [1.165, 1.54) is 83.5 Å². The summed E-state index contributed by atoms with van der Waals surface area (Å²) >= 11 is 0. The molecule has 4 aliphatic carbocycles. The number of sulfone groups is 1. The lowest BCUT2D eigenvalue weighted by Crippen LogP contribution is -2.40. The maximum atomic E-state index is 13.0. The summed E-state index contributed by atoms with van der Waals surface area (Å²) in [5.74, 6) is 6.43. The zero-order valence-corrected chi connectivity index (χ0v) is 89.0. The second-order valence-corrected chi connectivity index (χ2v) is 44.8. The molecule has 0 saturated heterocycles. The normalized spacial score (nSPS) is 16.2. The summed E-state index contributed by atoms with van der Waals surface area (Å²) in [6.45, 7) is 49.3. The van der Waals surface area contributed by atoms with Gasteiger partial charge in [-0.1, -0.05) is 278 Å². The van der Waals surface area contributed by atoms with Crippen LogP contribution in [0.25, 0.3) is 5.57 Å². The molecule has 6 heterocycles. The Labute approximate surface area is 850 Å². The number of ether oxygens (including phenoxy) is 4. The van der Waals surface area contributed by atoms with Crippen LogP contribution in [0.3, 0.4) is 0 Å². The second kappa shape index (κ2) is 48.8. The third-order valence-electron chi connectivity index (χ3n) is 27.2. The zero-order valence-electron chi connectivity index (χ0n) is 88.2. The van der Waals surface area contributed by atoms with Crippen LogP contribution in [0.1, 0.15) is 370 Å². The lowest BCUT2D eigenvalue weighted by atomic mass is 9.88. The molecule has 2 N–H and O–H groups in total. The Morgan fingerprint density at radius 3 is 1.25 bits per heavy atom. The first-order chi connectivity index (χ1) is 67.8. The molecule has 144 heavy (non-hydrogen) atoms. The van der Waals surface area contributed by atoms with Crippen LogP contribution >= 0.6 is 0 Å². The molecule has 0 aromatic heterocycles. The molecule has 10 aromatic rings. The average molecular weight is 1980 g/mol. The number of ketones is 8. The molecule has 0 fully saturated rings. The van der Waals surface area contributed by atoms with Crippen molar-refractivity contribution < 1.29 is 84.1 Å². The van der Waals surface area contributed by atoms with Gasteiger partial charge in [0.15, 0.2) is 28.0 Å². The number of alkyl halides is 2. The van der Waals surface area contributed by atoms with Gasteiger partial charge in [0.1, 0.15) is 46.8 Å². The fourth-order valence-electron chi connectivity index (χ4n) is 17.8. The van der Waals surface area contributed by atoms with Gasteiger partial charge in [-0.3, -0.25) is 47.9 Å². The average Bonchev–Trinajstić information content (AvgIpc) is 0.991. The highest BCUT2D eigenvalue weighted by Crippen LogP contribution is 2.40. The number of carbonyl (C=O) groups is 10. The van der Waals surface area contributed by atoms with E-state index in [0.717, 1.165) is 98.8 Å². The van der Waals surface area contributed by atoms with E-state index in [1.54, 1.807) is 18.2 Å². The first-order valence-corrected chi connectivity index (χ1v) is 52.6. The van der Waals surface area contributed by atoms with Gasteiger partial charge in [0, 0.05) is 80.2 Å². The molecule has 0 saturated carbocycles. The molecule has 0 spiro atoms. The monoisotopic (exact) mass is 1980 g/mol. The van der Waals surface area contributed by atoms with Crippen LogP contribution in [0.4, 0.5) is 20.2 Å². The molecule has 0 unspecified atom stereocenters. The predicted molar refractivity (Wildman–Crippen MR) is 569 cm³/mol. The number of nitrogens with one attached hydrogen (secondary N) is 2. The van der Waals surface area contributed by atoms with Crippen LogP contribution in [0, 0.1) is 0 Å². The molecule has 0 bridgehead atoms. The predicted octanol–water partition coefficient (Wildman–Crippen LogP) is 26.2. The smallest absolute Gasteiger partial charge is 0.461 e. The fourth-order valence-corrected chi connectivity index (χ4v) is 19.4. The third kappa shape index (κ3) is 30.4. The number of allylic oxidation sites excluding steroid dienone is 2. The second-order valence-electron chi connectivity index (χ2n) is 42.8. The van der Waals surface area contributed by atoms with Gasteiger partial charge in [-0.05, 0) is 270 Å². The van der Waals surface area contributed by atoms with Crippen LogP contribution in [0.5, 0.6) is 23.0 Å². The Hall–Kier alpha value is -12.8. The lowest BCUT2D eigenvalue weighted by Gasteiger charge is -2.33. The molecule has 2 amide bonds. The summed E-state index contributed by atoms with van der Waals surface area (Å²) < 4.78 is 69.9. The Balaban J connectivity index is 0.000000153. The van der Waals surface area contributed by atoms with Gasteiger partial charge >= 0.3 is 6.11 Å². The Morgan fingerprint density at radius 2 is 0.701 bits per heavy atom. The van der Waals surface area contributed by atoms with Crippen LogP contribution in [0.2, 0.25) is 0 Å². The molecule has 6 aliphatic heterocycles. The zero-order chi connectivity index (χ0) is 105.